The van der Waals surface area contributed by atoms with Crippen molar-refractivity contribution >= 4 is 17.5 Å². The monoisotopic (exact) mass is 290 g/mol. The average Bonchev–Trinajstić information content (AvgIpc) is 2.88. The molecule has 0 radical (unpaired) electrons. The molecule has 4 nitrogen and oxygen atoms in total. The molecule has 0 aromatic carbocycles. The molecule has 0 aliphatic carbocycles. The summed E-state index contributed by atoms with van der Waals surface area (Å²) in [6.45, 7) is 5.21. The number of carbonyl (C=O) groups is 1. The first kappa shape index (κ1) is 16.7. The first-order valence-corrected chi connectivity index (χ1v) is 7.84. The van der Waals surface area contributed by atoms with E-state index in [0.717, 1.165) is 38.6 Å². The van der Waals surface area contributed by atoms with Crippen molar-refractivity contribution in [3.63, 3.8) is 0 Å². The highest BCUT2D eigenvalue weighted by Gasteiger charge is 2.42. The Labute approximate surface area is 121 Å². The quantitative estimate of drug-likeness (QED) is 0.699. The van der Waals surface area contributed by atoms with Crippen molar-refractivity contribution in [2.75, 3.05) is 19.5 Å². The summed E-state index contributed by atoms with van der Waals surface area (Å²) in [7, 11) is 1.78. The van der Waals surface area contributed by atoms with Gasteiger partial charge in [0.15, 0.2) is 0 Å². The second kappa shape index (κ2) is 8.08. The number of hydrogen-bond acceptors (Lipinski definition) is 3. The van der Waals surface area contributed by atoms with Crippen LogP contribution in [0, 0.1) is 0 Å². The van der Waals surface area contributed by atoms with Crippen LogP contribution in [0.4, 0.5) is 0 Å². The largest absolute Gasteiger partial charge is 0.377 e. The Hall–Kier alpha value is -0.320. The third-order valence-corrected chi connectivity index (χ3v) is 4.54. The van der Waals surface area contributed by atoms with Gasteiger partial charge in [0, 0.05) is 26.0 Å². The molecular formula is C14H27ClN2O2. The molecule has 0 aromatic heterocycles. The molecule has 0 unspecified atom stereocenters. The summed E-state index contributed by atoms with van der Waals surface area (Å²) >= 11 is 5.62. The van der Waals surface area contributed by atoms with E-state index in [1.165, 1.54) is 0 Å². The van der Waals surface area contributed by atoms with Gasteiger partial charge < -0.3 is 4.74 Å². The number of hydrogen-bond donors (Lipinski definition) is 1. The predicted molar refractivity (Wildman–Crippen MR) is 78.1 cm³/mol. The van der Waals surface area contributed by atoms with E-state index in [-0.39, 0.29) is 17.6 Å². The van der Waals surface area contributed by atoms with Gasteiger partial charge in [-0.05, 0) is 32.1 Å². The topological polar surface area (TPSA) is 41.6 Å². The van der Waals surface area contributed by atoms with Gasteiger partial charge in [-0.15, -0.1) is 11.6 Å². The summed E-state index contributed by atoms with van der Waals surface area (Å²) in [5.74, 6) is 0.590. The van der Waals surface area contributed by atoms with Crippen LogP contribution in [0.2, 0.25) is 0 Å². The van der Waals surface area contributed by atoms with Gasteiger partial charge in [0.2, 0.25) is 5.91 Å². The van der Waals surface area contributed by atoms with Gasteiger partial charge in [-0.3, -0.25) is 10.2 Å². The molecule has 0 bridgehead atoms. The molecule has 1 atom stereocenters. The smallest absolute Gasteiger partial charge is 0.234 e. The molecule has 0 saturated carbocycles. The Bertz CT molecular complexity index is 274. The Morgan fingerprint density at radius 1 is 1.47 bits per heavy atom. The van der Waals surface area contributed by atoms with Gasteiger partial charge in [0.25, 0.3) is 0 Å². The molecule has 1 heterocycles. The van der Waals surface area contributed by atoms with Gasteiger partial charge in [0.05, 0.1) is 11.6 Å². The van der Waals surface area contributed by atoms with Crippen LogP contribution in [0.1, 0.15) is 52.4 Å². The van der Waals surface area contributed by atoms with Gasteiger partial charge in [-0.1, -0.05) is 13.8 Å². The van der Waals surface area contributed by atoms with Crippen molar-refractivity contribution in [3.8, 4) is 0 Å². The van der Waals surface area contributed by atoms with E-state index < -0.39 is 0 Å². The molecule has 1 amide bonds. The van der Waals surface area contributed by atoms with E-state index in [4.69, 9.17) is 16.3 Å². The van der Waals surface area contributed by atoms with E-state index in [9.17, 15) is 4.79 Å². The molecule has 1 saturated heterocycles. The molecule has 0 aromatic rings. The van der Waals surface area contributed by atoms with Crippen molar-refractivity contribution in [1.82, 2.24) is 10.4 Å². The fourth-order valence-electron chi connectivity index (χ4n) is 3.04. The number of hydrazine groups is 1. The third kappa shape index (κ3) is 4.07. The van der Waals surface area contributed by atoms with Crippen LogP contribution in [0.5, 0.6) is 0 Å². The zero-order valence-corrected chi connectivity index (χ0v) is 13.1. The molecule has 0 spiro atoms. The SMILES string of the molecule is CCC(CC)(OC)[C@@H]1CCCN1NC(=O)CCCCl. The number of nitrogens with zero attached hydrogens (tertiary/aromatic N) is 1. The Kier molecular flexibility index (Phi) is 7.11. The van der Waals surface area contributed by atoms with E-state index in [2.05, 4.69) is 24.3 Å². The Balaban J connectivity index is 2.65. The highest BCUT2D eigenvalue weighted by atomic mass is 35.5. The fourth-order valence-corrected chi connectivity index (χ4v) is 3.17. The summed E-state index contributed by atoms with van der Waals surface area (Å²) in [4.78, 5) is 11.8. The van der Waals surface area contributed by atoms with E-state index in [1.54, 1.807) is 7.11 Å². The number of alkyl halides is 1. The van der Waals surface area contributed by atoms with E-state index >= 15 is 0 Å². The number of halogens is 1. The van der Waals surface area contributed by atoms with Crippen molar-refractivity contribution in [3.05, 3.63) is 0 Å². The fraction of sp³-hybridized carbons (Fsp3) is 0.929. The van der Waals surface area contributed by atoms with Crippen LogP contribution in [0.3, 0.4) is 0 Å². The standard InChI is InChI=1S/C14H27ClN2O2/c1-4-14(5-2,19-3)12-8-7-11-17(12)16-13(18)9-6-10-15/h12H,4-11H2,1-3H3,(H,16,18)/t12-/m0/s1. The normalized spacial score (nSPS) is 20.7. The summed E-state index contributed by atoms with van der Waals surface area (Å²) in [6.07, 6.45) is 5.31. The van der Waals surface area contributed by atoms with Crippen LogP contribution in [0.25, 0.3) is 0 Å². The summed E-state index contributed by atoms with van der Waals surface area (Å²) in [5.41, 5.74) is 2.87. The van der Waals surface area contributed by atoms with Gasteiger partial charge in [-0.2, -0.15) is 0 Å². The third-order valence-electron chi connectivity index (χ3n) is 4.27. The Morgan fingerprint density at radius 3 is 2.68 bits per heavy atom. The van der Waals surface area contributed by atoms with Crippen molar-refractivity contribution in [2.24, 2.45) is 0 Å². The Morgan fingerprint density at radius 2 is 2.16 bits per heavy atom. The molecular weight excluding hydrogens is 264 g/mol. The molecule has 1 aliphatic heterocycles. The number of nitrogens with one attached hydrogen (secondary N) is 1. The summed E-state index contributed by atoms with van der Waals surface area (Å²) < 4.78 is 5.80. The van der Waals surface area contributed by atoms with Crippen molar-refractivity contribution in [2.45, 2.75) is 64.0 Å². The van der Waals surface area contributed by atoms with E-state index in [0.29, 0.717) is 12.3 Å². The number of ether oxygens (including phenoxy) is 1. The van der Waals surface area contributed by atoms with Crippen LogP contribution in [-0.2, 0) is 9.53 Å². The zero-order chi connectivity index (χ0) is 14.3. The molecule has 19 heavy (non-hydrogen) atoms. The minimum Gasteiger partial charge on any atom is -0.377 e. The van der Waals surface area contributed by atoms with Crippen molar-refractivity contribution in [1.29, 1.82) is 0 Å². The van der Waals surface area contributed by atoms with Gasteiger partial charge >= 0.3 is 0 Å². The van der Waals surface area contributed by atoms with Gasteiger partial charge in [0.1, 0.15) is 0 Å². The molecule has 1 aliphatic rings. The lowest BCUT2D eigenvalue weighted by Gasteiger charge is -2.41. The number of rotatable bonds is 8. The average molecular weight is 291 g/mol. The molecule has 112 valence electrons. The maximum absolute atomic E-state index is 11.8. The van der Waals surface area contributed by atoms with E-state index in [1.807, 2.05) is 0 Å². The lowest BCUT2D eigenvalue weighted by atomic mass is 9.87. The molecule has 5 heteroatoms. The first-order chi connectivity index (χ1) is 9.13. The highest BCUT2D eigenvalue weighted by molar-refractivity contribution is 6.17. The molecule has 1 fully saturated rings. The lowest BCUT2D eigenvalue weighted by molar-refractivity contribution is -0.131. The number of amides is 1. The van der Waals surface area contributed by atoms with Gasteiger partial charge in [-0.25, -0.2) is 5.01 Å². The maximum atomic E-state index is 11.8. The van der Waals surface area contributed by atoms with Crippen LogP contribution in [-0.4, -0.2) is 42.1 Å². The first-order valence-electron chi connectivity index (χ1n) is 7.30. The summed E-state index contributed by atoms with van der Waals surface area (Å²) in [6, 6.07) is 0.271. The zero-order valence-electron chi connectivity index (χ0n) is 12.4. The predicted octanol–water partition coefficient (Wildman–Crippen LogP) is 2.71. The second-order valence-corrected chi connectivity index (χ2v) is 5.53. The second-order valence-electron chi connectivity index (χ2n) is 5.15. The molecule has 1 rings (SSSR count). The van der Waals surface area contributed by atoms with Crippen molar-refractivity contribution < 1.29 is 9.53 Å². The minimum atomic E-state index is -0.156. The minimum absolute atomic E-state index is 0.0600. The molecule has 1 N–H and O–H groups in total. The summed E-state index contributed by atoms with van der Waals surface area (Å²) in [5, 5.41) is 2.08. The number of carbonyl (C=O) groups excluding carboxylic acids is 1. The maximum Gasteiger partial charge on any atom is 0.234 e. The lowest BCUT2D eigenvalue weighted by Crippen LogP contribution is -2.56. The number of methoxy groups -OCH3 is 1. The van der Waals surface area contributed by atoms with Crippen LogP contribution >= 0.6 is 11.6 Å². The highest BCUT2D eigenvalue weighted by Crippen LogP contribution is 2.33. The van der Waals surface area contributed by atoms with Crippen LogP contribution in [0.15, 0.2) is 0 Å². The van der Waals surface area contributed by atoms with Crippen LogP contribution < -0.4 is 5.43 Å².